The van der Waals surface area contributed by atoms with Gasteiger partial charge in [-0.2, -0.15) is 11.8 Å². The zero-order chi connectivity index (χ0) is 10.7. The quantitative estimate of drug-likeness (QED) is 0.825. The minimum atomic E-state index is 0.344. The van der Waals surface area contributed by atoms with Crippen molar-refractivity contribution in [2.45, 2.75) is 12.3 Å². The molecule has 1 saturated heterocycles. The largest absolute Gasteiger partial charge is 0.508 e. The van der Waals surface area contributed by atoms with Crippen molar-refractivity contribution in [1.29, 1.82) is 0 Å². The second-order valence-electron chi connectivity index (χ2n) is 4.06. The monoisotopic (exact) mass is 223 g/mol. The second kappa shape index (κ2) is 4.90. The van der Waals surface area contributed by atoms with Crippen LogP contribution in [0.2, 0.25) is 0 Å². The van der Waals surface area contributed by atoms with Gasteiger partial charge in [0.05, 0.1) is 0 Å². The van der Waals surface area contributed by atoms with Crippen molar-refractivity contribution in [2.24, 2.45) is 11.7 Å². The van der Waals surface area contributed by atoms with E-state index in [1.54, 1.807) is 6.07 Å². The van der Waals surface area contributed by atoms with Crippen LogP contribution in [0.4, 0.5) is 0 Å². The van der Waals surface area contributed by atoms with Gasteiger partial charge in [0.1, 0.15) is 5.75 Å². The van der Waals surface area contributed by atoms with Gasteiger partial charge in [0, 0.05) is 0 Å². The molecule has 1 fully saturated rings. The van der Waals surface area contributed by atoms with Crippen molar-refractivity contribution in [1.82, 2.24) is 0 Å². The Bertz CT molecular complexity index is 323. The SMILES string of the molecule is NCC(c1cccc(O)c1)C1CCSC1. The summed E-state index contributed by atoms with van der Waals surface area (Å²) in [5, 5.41) is 9.45. The predicted molar refractivity (Wildman–Crippen MR) is 65.3 cm³/mol. The van der Waals surface area contributed by atoms with Crippen molar-refractivity contribution < 1.29 is 5.11 Å². The molecule has 0 aromatic heterocycles. The Kier molecular flexibility index (Phi) is 3.54. The first-order chi connectivity index (χ1) is 7.31. The van der Waals surface area contributed by atoms with Gasteiger partial charge in [-0.3, -0.25) is 0 Å². The van der Waals surface area contributed by atoms with Gasteiger partial charge in [-0.1, -0.05) is 12.1 Å². The van der Waals surface area contributed by atoms with E-state index >= 15 is 0 Å². The van der Waals surface area contributed by atoms with Crippen molar-refractivity contribution >= 4 is 11.8 Å². The zero-order valence-electron chi connectivity index (χ0n) is 8.73. The van der Waals surface area contributed by atoms with Gasteiger partial charge < -0.3 is 10.8 Å². The first kappa shape index (κ1) is 10.8. The highest BCUT2D eigenvalue weighted by molar-refractivity contribution is 7.99. The topological polar surface area (TPSA) is 46.2 Å². The lowest BCUT2D eigenvalue weighted by Crippen LogP contribution is -2.21. The second-order valence-corrected chi connectivity index (χ2v) is 5.21. The van der Waals surface area contributed by atoms with Crippen molar-refractivity contribution in [2.75, 3.05) is 18.1 Å². The van der Waals surface area contributed by atoms with Gasteiger partial charge in [-0.25, -0.2) is 0 Å². The summed E-state index contributed by atoms with van der Waals surface area (Å²) in [5.41, 5.74) is 7.03. The molecular formula is C12H17NOS. The van der Waals surface area contributed by atoms with Crippen LogP contribution in [-0.2, 0) is 0 Å². The molecule has 0 spiro atoms. The molecule has 2 nitrogen and oxygen atoms in total. The molecule has 2 unspecified atom stereocenters. The van der Waals surface area contributed by atoms with Crippen LogP contribution >= 0.6 is 11.8 Å². The third kappa shape index (κ3) is 2.47. The molecule has 3 N–H and O–H groups in total. The molecule has 0 aliphatic carbocycles. The zero-order valence-corrected chi connectivity index (χ0v) is 9.54. The van der Waals surface area contributed by atoms with Crippen LogP contribution in [-0.4, -0.2) is 23.2 Å². The third-order valence-electron chi connectivity index (χ3n) is 3.09. The number of phenolic OH excluding ortho intramolecular Hbond substituents is 1. The van der Waals surface area contributed by atoms with Gasteiger partial charge in [0.15, 0.2) is 0 Å². The van der Waals surface area contributed by atoms with Gasteiger partial charge in [-0.05, 0) is 54.0 Å². The molecule has 0 amide bonds. The lowest BCUT2D eigenvalue weighted by atomic mass is 9.85. The summed E-state index contributed by atoms with van der Waals surface area (Å²) in [6, 6.07) is 7.52. The van der Waals surface area contributed by atoms with E-state index in [0.29, 0.717) is 24.1 Å². The minimum Gasteiger partial charge on any atom is -0.508 e. The average Bonchev–Trinajstić information content (AvgIpc) is 2.72. The highest BCUT2D eigenvalue weighted by Gasteiger charge is 2.25. The van der Waals surface area contributed by atoms with E-state index < -0.39 is 0 Å². The molecule has 1 heterocycles. The Morgan fingerprint density at radius 3 is 3.00 bits per heavy atom. The van der Waals surface area contributed by atoms with Crippen LogP contribution in [0.25, 0.3) is 0 Å². The number of thioether (sulfide) groups is 1. The van der Waals surface area contributed by atoms with Crippen molar-refractivity contribution in [3.8, 4) is 5.75 Å². The van der Waals surface area contributed by atoms with Gasteiger partial charge in [-0.15, -0.1) is 0 Å². The standard InChI is InChI=1S/C12H17NOS/c13-7-12(10-4-5-15-8-10)9-2-1-3-11(14)6-9/h1-3,6,10,12,14H,4-5,7-8,13H2. The van der Waals surface area contributed by atoms with E-state index in [1.807, 2.05) is 23.9 Å². The summed E-state index contributed by atoms with van der Waals surface area (Å²) in [7, 11) is 0. The minimum absolute atomic E-state index is 0.344. The maximum atomic E-state index is 9.45. The summed E-state index contributed by atoms with van der Waals surface area (Å²) in [5.74, 6) is 3.89. The van der Waals surface area contributed by atoms with Gasteiger partial charge in [0.25, 0.3) is 0 Å². The maximum absolute atomic E-state index is 9.45. The number of nitrogens with two attached hydrogens (primary N) is 1. The molecule has 0 radical (unpaired) electrons. The molecule has 0 bridgehead atoms. The fourth-order valence-electron chi connectivity index (χ4n) is 2.23. The summed E-state index contributed by atoms with van der Waals surface area (Å²) in [4.78, 5) is 0. The summed E-state index contributed by atoms with van der Waals surface area (Å²) in [6.07, 6.45) is 1.25. The van der Waals surface area contributed by atoms with Crippen LogP contribution in [0.3, 0.4) is 0 Å². The van der Waals surface area contributed by atoms with Gasteiger partial charge >= 0.3 is 0 Å². The Labute approximate surface area is 94.9 Å². The Morgan fingerprint density at radius 1 is 1.53 bits per heavy atom. The molecule has 1 aliphatic rings. The molecule has 3 heteroatoms. The fraction of sp³-hybridized carbons (Fsp3) is 0.500. The fourth-order valence-corrected chi connectivity index (χ4v) is 3.56. The molecule has 0 saturated carbocycles. The first-order valence-electron chi connectivity index (χ1n) is 5.38. The molecule has 1 aliphatic heterocycles. The number of hydrogen-bond acceptors (Lipinski definition) is 3. The highest BCUT2D eigenvalue weighted by Crippen LogP contribution is 2.35. The van der Waals surface area contributed by atoms with E-state index in [-0.39, 0.29) is 0 Å². The van der Waals surface area contributed by atoms with Crippen LogP contribution in [0.1, 0.15) is 17.9 Å². The van der Waals surface area contributed by atoms with Crippen molar-refractivity contribution in [3.63, 3.8) is 0 Å². The number of phenols is 1. The summed E-state index contributed by atoms with van der Waals surface area (Å²) in [6.45, 7) is 0.675. The van der Waals surface area contributed by atoms with Crippen LogP contribution in [0.15, 0.2) is 24.3 Å². The Balaban J connectivity index is 2.18. The number of rotatable bonds is 3. The molecule has 15 heavy (non-hydrogen) atoms. The van der Waals surface area contributed by atoms with Gasteiger partial charge in [0.2, 0.25) is 0 Å². The van der Waals surface area contributed by atoms with E-state index in [1.165, 1.54) is 23.5 Å². The molecule has 1 aromatic carbocycles. The number of hydrogen-bond donors (Lipinski definition) is 2. The molecule has 2 atom stereocenters. The normalized spacial score (nSPS) is 22.9. The highest BCUT2D eigenvalue weighted by atomic mass is 32.2. The summed E-state index contributed by atoms with van der Waals surface area (Å²) < 4.78 is 0. The Morgan fingerprint density at radius 2 is 2.40 bits per heavy atom. The first-order valence-corrected chi connectivity index (χ1v) is 6.53. The number of aromatic hydroxyl groups is 1. The predicted octanol–water partition coefficient (Wildman–Crippen LogP) is 2.19. The molecule has 1 aromatic rings. The summed E-state index contributed by atoms with van der Waals surface area (Å²) >= 11 is 2.01. The maximum Gasteiger partial charge on any atom is 0.115 e. The Hall–Kier alpha value is -0.670. The van der Waals surface area contributed by atoms with Crippen LogP contribution in [0, 0.1) is 5.92 Å². The van der Waals surface area contributed by atoms with Crippen LogP contribution < -0.4 is 5.73 Å². The molecule has 82 valence electrons. The number of benzene rings is 1. The smallest absolute Gasteiger partial charge is 0.115 e. The van der Waals surface area contributed by atoms with Crippen LogP contribution in [0.5, 0.6) is 5.75 Å². The molecule has 2 rings (SSSR count). The van der Waals surface area contributed by atoms with E-state index in [4.69, 9.17) is 5.73 Å². The molecular weight excluding hydrogens is 206 g/mol. The van der Waals surface area contributed by atoms with E-state index in [2.05, 4.69) is 6.07 Å². The third-order valence-corrected chi connectivity index (χ3v) is 4.27. The van der Waals surface area contributed by atoms with E-state index in [0.717, 1.165) is 0 Å². The lowest BCUT2D eigenvalue weighted by Gasteiger charge is -2.21. The lowest BCUT2D eigenvalue weighted by molar-refractivity contribution is 0.459. The van der Waals surface area contributed by atoms with Crippen molar-refractivity contribution in [3.05, 3.63) is 29.8 Å². The van der Waals surface area contributed by atoms with E-state index in [9.17, 15) is 5.11 Å². The average molecular weight is 223 g/mol.